The first-order valence-corrected chi connectivity index (χ1v) is 8.47. The Balaban J connectivity index is 1.69. The molecule has 2 aromatic rings. The molecule has 0 saturated heterocycles. The van der Waals surface area contributed by atoms with Gasteiger partial charge in [-0.1, -0.05) is 12.5 Å². The number of fused-ring (bicyclic) bond motifs is 1. The maximum Gasteiger partial charge on any atom is 0.253 e. The zero-order chi connectivity index (χ0) is 15.6. The molecule has 0 radical (unpaired) electrons. The van der Waals surface area contributed by atoms with Crippen molar-refractivity contribution in [1.29, 1.82) is 0 Å². The van der Waals surface area contributed by atoms with Gasteiger partial charge in [0.2, 0.25) is 0 Å². The third-order valence-electron chi connectivity index (χ3n) is 4.75. The Morgan fingerprint density at radius 1 is 1.09 bits per heavy atom. The number of aromatic amines is 1. The number of rotatable bonds is 2. The lowest BCUT2D eigenvalue weighted by molar-refractivity contribution is 0.0946. The Hall–Kier alpha value is -2.36. The second-order valence-corrected chi connectivity index (χ2v) is 6.34. The third kappa shape index (κ3) is 2.81. The standard InChI is InChI=1S/C19H21N3O/c23-19-15-12-18(22-16(15)8-10-21-19)14-7-9-20-17(11-14)13-5-3-1-2-4-6-13/h5,7,9,11-12,22H,1-4,6,8,10H2,(H,21,23). The molecule has 23 heavy (non-hydrogen) atoms. The highest BCUT2D eigenvalue weighted by molar-refractivity contribution is 5.97. The number of carbonyl (C=O) groups excluding carboxylic acids is 1. The van der Waals surface area contributed by atoms with Gasteiger partial charge in [0.1, 0.15) is 0 Å². The molecule has 0 spiro atoms. The summed E-state index contributed by atoms with van der Waals surface area (Å²) >= 11 is 0. The summed E-state index contributed by atoms with van der Waals surface area (Å²) in [5.41, 5.74) is 6.35. The van der Waals surface area contributed by atoms with E-state index in [0.29, 0.717) is 6.54 Å². The maximum atomic E-state index is 11.9. The van der Waals surface area contributed by atoms with E-state index in [-0.39, 0.29) is 5.91 Å². The van der Waals surface area contributed by atoms with Crippen LogP contribution in [0.4, 0.5) is 0 Å². The van der Waals surface area contributed by atoms with Crippen molar-refractivity contribution < 1.29 is 4.79 Å². The van der Waals surface area contributed by atoms with Crippen molar-refractivity contribution in [1.82, 2.24) is 15.3 Å². The highest BCUT2D eigenvalue weighted by atomic mass is 16.1. The predicted octanol–water partition coefficient (Wildman–Crippen LogP) is 3.71. The van der Waals surface area contributed by atoms with Crippen LogP contribution >= 0.6 is 0 Å². The summed E-state index contributed by atoms with van der Waals surface area (Å²) in [4.78, 5) is 19.9. The Bertz CT molecular complexity index is 773. The molecule has 2 aromatic heterocycles. The summed E-state index contributed by atoms with van der Waals surface area (Å²) in [5.74, 6) is 0.0227. The lowest BCUT2D eigenvalue weighted by Gasteiger charge is -2.11. The first-order chi connectivity index (χ1) is 11.3. The van der Waals surface area contributed by atoms with Gasteiger partial charge >= 0.3 is 0 Å². The third-order valence-corrected chi connectivity index (χ3v) is 4.75. The van der Waals surface area contributed by atoms with Crippen molar-refractivity contribution in [2.24, 2.45) is 0 Å². The molecule has 4 heteroatoms. The molecule has 118 valence electrons. The molecule has 1 amide bonds. The topological polar surface area (TPSA) is 57.8 Å². The Morgan fingerprint density at radius 3 is 2.96 bits per heavy atom. The van der Waals surface area contributed by atoms with Crippen LogP contribution in [-0.2, 0) is 6.42 Å². The van der Waals surface area contributed by atoms with Crippen molar-refractivity contribution in [2.45, 2.75) is 38.5 Å². The molecule has 0 aromatic carbocycles. The lowest BCUT2D eigenvalue weighted by Crippen LogP contribution is -2.31. The van der Waals surface area contributed by atoms with Crippen LogP contribution in [0.3, 0.4) is 0 Å². The number of hydrogen-bond donors (Lipinski definition) is 2. The number of amides is 1. The van der Waals surface area contributed by atoms with Gasteiger partial charge in [-0.2, -0.15) is 0 Å². The molecule has 0 bridgehead atoms. The maximum absolute atomic E-state index is 11.9. The molecule has 0 fully saturated rings. The molecule has 0 saturated carbocycles. The molecular weight excluding hydrogens is 286 g/mol. The average molecular weight is 307 g/mol. The van der Waals surface area contributed by atoms with Gasteiger partial charge in [-0.25, -0.2) is 0 Å². The van der Waals surface area contributed by atoms with Gasteiger partial charge in [-0.3, -0.25) is 9.78 Å². The van der Waals surface area contributed by atoms with Crippen LogP contribution in [0.25, 0.3) is 16.8 Å². The van der Waals surface area contributed by atoms with Crippen LogP contribution in [0.5, 0.6) is 0 Å². The van der Waals surface area contributed by atoms with Crippen LogP contribution in [0.2, 0.25) is 0 Å². The molecule has 2 N–H and O–H groups in total. The van der Waals surface area contributed by atoms with E-state index in [2.05, 4.69) is 27.4 Å². The Kier molecular flexibility index (Phi) is 3.74. The quantitative estimate of drug-likeness (QED) is 0.888. The zero-order valence-electron chi connectivity index (χ0n) is 13.2. The van der Waals surface area contributed by atoms with Crippen LogP contribution in [0.15, 0.2) is 30.5 Å². The molecule has 3 heterocycles. The highest BCUT2D eigenvalue weighted by Crippen LogP contribution is 2.29. The van der Waals surface area contributed by atoms with E-state index in [1.165, 1.54) is 24.8 Å². The fraction of sp³-hybridized carbons (Fsp3) is 0.368. The number of nitrogens with one attached hydrogen (secondary N) is 2. The second kappa shape index (κ2) is 6.03. The van der Waals surface area contributed by atoms with Gasteiger partial charge in [0.25, 0.3) is 5.91 Å². The van der Waals surface area contributed by atoms with Crippen LogP contribution in [-0.4, -0.2) is 22.4 Å². The Morgan fingerprint density at radius 2 is 2.04 bits per heavy atom. The number of hydrogen-bond acceptors (Lipinski definition) is 2. The predicted molar refractivity (Wildman–Crippen MR) is 91.1 cm³/mol. The van der Waals surface area contributed by atoms with E-state index in [1.54, 1.807) is 0 Å². The minimum atomic E-state index is 0.0227. The van der Waals surface area contributed by atoms with Crippen molar-refractivity contribution in [2.75, 3.05) is 6.54 Å². The minimum absolute atomic E-state index is 0.0227. The zero-order valence-corrected chi connectivity index (χ0v) is 13.2. The van der Waals surface area contributed by atoms with Crippen molar-refractivity contribution in [3.63, 3.8) is 0 Å². The second-order valence-electron chi connectivity index (χ2n) is 6.34. The number of pyridine rings is 1. The fourth-order valence-electron chi connectivity index (χ4n) is 3.47. The van der Waals surface area contributed by atoms with E-state index in [0.717, 1.165) is 47.5 Å². The largest absolute Gasteiger partial charge is 0.358 e. The van der Waals surface area contributed by atoms with E-state index < -0.39 is 0 Å². The number of allylic oxidation sites excluding steroid dienone is 2. The fourth-order valence-corrected chi connectivity index (χ4v) is 3.47. The highest BCUT2D eigenvalue weighted by Gasteiger charge is 2.20. The average Bonchev–Trinajstić information content (AvgIpc) is 2.84. The normalized spacial score (nSPS) is 17.9. The summed E-state index contributed by atoms with van der Waals surface area (Å²) in [6.45, 7) is 0.709. The summed E-state index contributed by atoms with van der Waals surface area (Å²) in [6, 6.07) is 6.12. The smallest absolute Gasteiger partial charge is 0.253 e. The molecule has 2 aliphatic rings. The summed E-state index contributed by atoms with van der Waals surface area (Å²) in [7, 11) is 0. The molecule has 4 rings (SSSR count). The van der Waals surface area contributed by atoms with Gasteiger partial charge < -0.3 is 10.3 Å². The molecule has 1 aliphatic carbocycles. The van der Waals surface area contributed by atoms with Gasteiger partial charge in [-0.05, 0) is 49.5 Å². The van der Waals surface area contributed by atoms with E-state index >= 15 is 0 Å². The van der Waals surface area contributed by atoms with E-state index in [4.69, 9.17) is 0 Å². The van der Waals surface area contributed by atoms with Crippen LogP contribution in [0, 0.1) is 0 Å². The molecule has 4 nitrogen and oxygen atoms in total. The first kappa shape index (κ1) is 14.2. The van der Waals surface area contributed by atoms with Crippen LogP contribution in [0.1, 0.15) is 53.8 Å². The van der Waals surface area contributed by atoms with E-state index in [9.17, 15) is 4.79 Å². The van der Waals surface area contributed by atoms with Gasteiger partial charge in [-0.15, -0.1) is 0 Å². The van der Waals surface area contributed by atoms with Crippen LogP contribution < -0.4 is 5.32 Å². The lowest BCUT2D eigenvalue weighted by atomic mass is 10.0. The first-order valence-electron chi connectivity index (χ1n) is 8.47. The minimum Gasteiger partial charge on any atom is -0.358 e. The monoisotopic (exact) mass is 307 g/mol. The molecule has 1 aliphatic heterocycles. The molecule has 0 unspecified atom stereocenters. The summed E-state index contributed by atoms with van der Waals surface area (Å²) < 4.78 is 0. The SMILES string of the molecule is O=C1NCCc2[nH]c(-c3ccnc(C4=CCCCCC4)c3)cc21. The number of aromatic nitrogens is 2. The number of nitrogens with zero attached hydrogens (tertiary/aromatic N) is 1. The molecule has 0 atom stereocenters. The van der Waals surface area contributed by atoms with Crippen molar-refractivity contribution in [3.8, 4) is 11.3 Å². The summed E-state index contributed by atoms with van der Waals surface area (Å²) in [6.07, 6.45) is 11.2. The molecular formula is C19H21N3O. The van der Waals surface area contributed by atoms with E-state index in [1.807, 2.05) is 18.3 Å². The van der Waals surface area contributed by atoms with Crippen molar-refractivity contribution >= 4 is 11.5 Å². The number of H-pyrrole nitrogens is 1. The Labute approximate surface area is 136 Å². The van der Waals surface area contributed by atoms with Gasteiger partial charge in [0.05, 0.1) is 11.3 Å². The summed E-state index contributed by atoms with van der Waals surface area (Å²) in [5, 5.41) is 2.89. The number of carbonyl (C=O) groups is 1. The van der Waals surface area contributed by atoms with Gasteiger partial charge in [0.15, 0.2) is 0 Å². The van der Waals surface area contributed by atoms with Gasteiger partial charge in [0, 0.05) is 36.1 Å². The van der Waals surface area contributed by atoms with Crippen molar-refractivity contribution in [3.05, 3.63) is 47.4 Å².